The minimum atomic E-state index is -1.65. The monoisotopic (exact) mass is 273 g/mol. The van der Waals surface area contributed by atoms with Crippen molar-refractivity contribution < 1.29 is 18.7 Å². The Morgan fingerprint density at radius 1 is 1.39 bits per heavy atom. The van der Waals surface area contributed by atoms with E-state index in [0.29, 0.717) is 22.1 Å². The number of aromatic nitrogens is 1. The van der Waals surface area contributed by atoms with Crippen LogP contribution in [-0.2, 0) is 11.3 Å². The summed E-state index contributed by atoms with van der Waals surface area (Å²) in [6.45, 7) is 0.0118. The number of ether oxygens (including phenoxy) is 1. The molecule has 0 atom stereocenters. The molecule has 0 saturated heterocycles. The highest BCUT2D eigenvalue weighted by Gasteiger charge is 2.17. The molecule has 18 heavy (non-hydrogen) atoms. The van der Waals surface area contributed by atoms with Gasteiger partial charge in [0.2, 0.25) is 0 Å². The first-order valence-corrected chi connectivity index (χ1v) is 5.65. The van der Waals surface area contributed by atoms with Crippen LogP contribution in [0.25, 0.3) is 0 Å². The van der Waals surface area contributed by atoms with Gasteiger partial charge in [0.1, 0.15) is 6.61 Å². The van der Waals surface area contributed by atoms with Gasteiger partial charge in [0.25, 0.3) is 0 Å². The lowest BCUT2D eigenvalue weighted by molar-refractivity contribution is 0.124. The van der Waals surface area contributed by atoms with Crippen molar-refractivity contribution in [3.63, 3.8) is 0 Å². The van der Waals surface area contributed by atoms with Gasteiger partial charge in [-0.2, -0.15) is 0 Å². The first-order chi connectivity index (χ1) is 8.50. The van der Waals surface area contributed by atoms with Gasteiger partial charge in [-0.25, -0.2) is 18.2 Å². The van der Waals surface area contributed by atoms with E-state index in [-0.39, 0.29) is 6.61 Å². The summed E-state index contributed by atoms with van der Waals surface area (Å²) < 4.78 is 18.8. The number of halogens is 1. The molecule has 2 amide bonds. The molecule has 0 fully saturated rings. The SMILES string of the molecule is CN(SN(C)C(=O)OCc1ccccn1)C(=O)F. The zero-order chi connectivity index (χ0) is 13.5. The standard InChI is InChI=1S/C10H12FN3O3S/c1-13(9(11)15)18-14(2)10(16)17-7-8-5-3-4-6-12-8/h3-6H,7H2,1-2H3. The van der Waals surface area contributed by atoms with E-state index in [9.17, 15) is 14.0 Å². The van der Waals surface area contributed by atoms with Gasteiger partial charge in [0, 0.05) is 20.3 Å². The Bertz CT molecular complexity index is 418. The van der Waals surface area contributed by atoms with Crippen LogP contribution >= 0.6 is 12.1 Å². The van der Waals surface area contributed by atoms with Crippen LogP contribution in [0.5, 0.6) is 0 Å². The van der Waals surface area contributed by atoms with Gasteiger partial charge in [-0.1, -0.05) is 6.07 Å². The van der Waals surface area contributed by atoms with Gasteiger partial charge in [-0.05, 0) is 12.1 Å². The van der Waals surface area contributed by atoms with Crippen molar-refractivity contribution >= 4 is 24.4 Å². The predicted octanol–water partition coefficient (Wildman–Crippen LogP) is 2.23. The van der Waals surface area contributed by atoms with Crippen molar-refractivity contribution in [1.29, 1.82) is 0 Å². The molecule has 8 heteroatoms. The number of carbonyl (C=O) groups is 2. The van der Waals surface area contributed by atoms with E-state index in [1.54, 1.807) is 24.4 Å². The molecular weight excluding hydrogens is 261 g/mol. The third kappa shape index (κ3) is 4.58. The minimum absolute atomic E-state index is 0.0118. The summed E-state index contributed by atoms with van der Waals surface area (Å²) in [5.74, 6) is 0. The van der Waals surface area contributed by atoms with E-state index in [1.807, 2.05) is 0 Å². The van der Waals surface area contributed by atoms with Crippen LogP contribution in [0.1, 0.15) is 5.69 Å². The maximum atomic E-state index is 12.2. The fraction of sp³-hybridized carbons (Fsp3) is 0.300. The molecule has 0 spiro atoms. The van der Waals surface area contributed by atoms with Crippen LogP contribution in [0.3, 0.4) is 0 Å². The van der Waals surface area contributed by atoms with Gasteiger partial charge in [0.05, 0.1) is 17.8 Å². The summed E-state index contributed by atoms with van der Waals surface area (Å²) in [6, 6.07) is 5.22. The van der Waals surface area contributed by atoms with Crippen LogP contribution < -0.4 is 0 Å². The van der Waals surface area contributed by atoms with Crippen molar-refractivity contribution in [3.8, 4) is 0 Å². The molecule has 6 nitrogen and oxygen atoms in total. The van der Waals surface area contributed by atoms with Gasteiger partial charge in [-0.15, -0.1) is 4.39 Å². The highest BCUT2D eigenvalue weighted by atomic mass is 32.2. The summed E-state index contributed by atoms with van der Waals surface area (Å²) in [6.07, 6.45) is -0.764. The number of nitrogens with zero attached hydrogens (tertiary/aromatic N) is 3. The van der Waals surface area contributed by atoms with Crippen molar-refractivity contribution in [2.45, 2.75) is 6.61 Å². The number of pyridine rings is 1. The highest BCUT2D eigenvalue weighted by Crippen LogP contribution is 2.14. The van der Waals surface area contributed by atoms with E-state index < -0.39 is 12.3 Å². The molecule has 98 valence electrons. The van der Waals surface area contributed by atoms with Crippen molar-refractivity contribution in [2.75, 3.05) is 14.1 Å². The number of hydrogen-bond acceptors (Lipinski definition) is 5. The lowest BCUT2D eigenvalue weighted by Crippen LogP contribution is -2.27. The summed E-state index contributed by atoms with van der Waals surface area (Å²) >= 11 is 0.598. The van der Waals surface area contributed by atoms with Crippen LogP contribution in [-0.4, -0.2) is 39.9 Å². The Labute approximate surface area is 108 Å². The second-order valence-corrected chi connectivity index (χ2v) is 4.46. The summed E-state index contributed by atoms with van der Waals surface area (Å²) in [5.41, 5.74) is 0.596. The Morgan fingerprint density at radius 2 is 2.11 bits per heavy atom. The number of hydrogen-bond donors (Lipinski definition) is 0. The molecule has 0 aliphatic carbocycles. The van der Waals surface area contributed by atoms with Gasteiger partial charge in [-0.3, -0.25) is 4.98 Å². The highest BCUT2D eigenvalue weighted by molar-refractivity contribution is 7.95. The lowest BCUT2D eigenvalue weighted by atomic mass is 10.4. The lowest BCUT2D eigenvalue weighted by Gasteiger charge is -2.19. The summed E-state index contributed by atoms with van der Waals surface area (Å²) in [5, 5.41) is 0. The smallest absolute Gasteiger partial charge is 0.421 e. The first-order valence-electron chi connectivity index (χ1n) is 4.92. The molecular formula is C10H12FN3O3S. The van der Waals surface area contributed by atoms with E-state index in [1.165, 1.54) is 14.1 Å². The second-order valence-electron chi connectivity index (χ2n) is 3.21. The topological polar surface area (TPSA) is 62.7 Å². The van der Waals surface area contributed by atoms with Crippen molar-refractivity contribution in [1.82, 2.24) is 13.6 Å². The number of carbonyl (C=O) groups excluding carboxylic acids is 2. The van der Waals surface area contributed by atoms with Crippen molar-refractivity contribution in [2.24, 2.45) is 0 Å². The normalized spacial score (nSPS) is 9.72. The molecule has 1 aromatic rings. The van der Waals surface area contributed by atoms with E-state index in [0.717, 1.165) is 4.31 Å². The van der Waals surface area contributed by atoms with Gasteiger partial charge in [0.15, 0.2) is 0 Å². The quantitative estimate of drug-likeness (QED) is 0.478. The zero-order valence-corrected chi connectivity index (χ0v) is 10.7. The summed E-state index contributed by atoms with van der Waals surface area (Å²) in [7, 11) is 2.57. The molecule has 0 aromatic carbocycles. The average Bonchev–Trinajstić information content (AvgIpc) is 2.36. The average molecular weight is 273 g/mol. The summed E-state index contributed by atoms with van der Waals surface area (Å²) in [4.78, 5) is 25.8. The molecule has 1 aromatic heterocycles. The Morgan fingerprint density at radius 3 is 2.67 bits per heavy atom. The number of rotatable bonds is 4. The molecule has 0 aliphatic rings. The molecule has 0 saturated carbocycles. The Kier molecular flexibility index (Phi) is 5.37. The molecule has 0 aliphatic heterocycles. The molecule has 0 N–H and O–H groups in total. The maximum absolute atomic E-state index is 12.2. The number of amides is 2. The van der Waals surface area contributed by atoms with Crippen LogP contribution in [0, 0.1) is 0 Å². The third-order valence-electron chi connectivity index (χ3n) is 1.82. The van der Waals surface area contributed by atoms with Crippen molar-refractivity contribution in [3.05, 3.63) is 30.1 Å². The van der Waals surface area contributed by atoms with E-state index in [4.69, 9.17) is 4.74 Å². The largest absolute Gasteiger partial charge is 0.442 e. The maximum Gasteiger partial charge on any atom is 0.421 e. The Balaban J connectivity index is 2.39. The van der Waals surface area contributed by atoms with Crippen LogP contribution in [0.4, 0.5) is 14.0 Å². The third-order valence-corrected chi connectivity index (χ3v) is 2.60. The van der Waals surface area contributed by atoms with E-state index >= 15 is 0 Å². The van der Waals surface area contributed by atoms with E-state index in [2.05, 4.69) is 4.98 Å². The molecule has 1 rings (SSSR count). The molecule has 0 radical (unpaired) electrons. The molecule has 1 heterocycles. The molecule has 0 unspecified atom stereocenters. The van der Waals surface area contributed by atoms with Gasteiger partial charge < -0.3 is 4.74 Å². The predicted molar refractivity (Wildman–Crippen MR) is 64.0 cm³/mol. The Hall–Kier alpha value is -1.83. The van der Waals surface area contributed by atoms with Gasteiger partial charge >= 0.3 is 12.3 Å². The van der Waals surface area contributed by atoms with Crippen LogP contribution in [0.15, 0.2) is 24.4 Å². The zero-order valence-electron chi connectivity index (χ0n) is 9.87. The minimum Gasteiger partial charge on any atom is -0.442 e. The fourth-order valence-electron chi connectivity index (χ4n) is 0.959. The second kappa shape index (κ2) is 6.80. The fourth-order valence-corrected chi connectivity index (χ4v) is 1.51. The first kappa shape index (κ1) is 14.2. The van der Waals surface area contributed by atoms with Crippen LogP contribution in [0.2, 0.25) is 0 Å². The molecule has 0 bridgehead atoms.